The van der Waals surface area contributed by atoms with Crippen LogP contribution in [0.15, 0.2) is 24.3 Å². The van der Waals surface area contributed by atoms with E-state index in [1.54, 1.807) is 26.8 Å². The summed E-state index contributed by atoms with van der Waals surface area (Å²) in [5, 5.41) is 5.09. The monoisotopic (exact) mass is 376 g/mol. The van der Waals surface area contributed by atoms with E-state index in [9.17, 15) is 9.59 Å². The molecule has 19 heavy (non-hydrogen) atoms. The van der Waals surface area contributed by atoms with Gasteiger partial charge in [-0.15, -0.1) is 0 Å². The molecule has 0 saturated carbocycles. The Labute approximate surface area is 126 Å². The third-order valence-electron chi connectivity index (χ3n) is 1.90. The van der Waals surface area contributed by atoms with E-state index in [4.69, 9.17) is 4.74 Å². The van der Waals surface area contributed by atoms with Crippen LogP contribution in [0, 0.1) is 3.57 Å². The topological polar surface area (TPSA) is 67.4 Å². The van der Waals surface area contributed by atoms with Gasteiger partial charge in [0, 0.05) is 9.26 Å². The van der Waals surface area contributed by atoms with Gasteiger partial charge >= 0.3 is 6.09 Å². The number of hydrogen-bond acceptors (Lipinski definition) is 3. The Bertz CT molecular complexity index is 469. The molecule has 0 unspecified atom stereocenters. The number of carbonyl (C=O) groups is 2. The lowest BCUT2D eigenvalue weighted by atomic mass is 10.2. The maximum atomic E-state index is 11.6. The Morgan fingerprint density at radius 1 is 1.32 bits per heavy atom. The first-order valence-corrected chi connectivity index (χ1v) is 6.86. The van der Waals surface area contributed by atoms with Crippen LogP contribution in [-0.2, 0) is 9.53 Å². The Balaban J connectivity index is 2.38. The number of rotatable bonds is 3. The lowest BCUT2D eigenvalue weighted by Crippen LogP contribution is -2.37. The Hall–Kier alpha value is -1.31. The zero-order chi connectivity index (χ0) is 14.5. The van der Waals surface area contributed by atoms with Crippen LogP contribution in [0.5, 0.6) is 0 Å². The smallest absolute Gasteiger partial charge is 0.408 e. The summed E-state index contributed by atoms with van der Waals surface area (Å²) in [5.41, 5.74) is 0.124. The number of amides is 2. The lowest BCUT2D eigenvalue weighted by molar-refractivity contribution is -0.115. The molecule has 0 fully saturated rings. The molecular weight excluding hydrogens is 359 g/mol. The summed E-state index contributed by atoms with van der Waals surface area (Å²) >= 11 is 2.16. The van der Waals surface area contributed by atoms with Gasteiger partial charge < -0.3 is 15.4 Å². The van der Waals surface area contributed by atoms with Gasteiger partial charge in [0.15, 0.2) is 0 Å². The number of hydrogen-bond donors (Lipinski definition) is 2. The van der Waals surface area contributed by atoms with Crippen molar-refractivity contribution in [3.05, 3.63) is 27.8 Å². The first-order valence-electron chi connectivity index (χ1n) is 5.78. The fraction of sp³-hybridized carbons (Fsp3) is 0.385. The third-order valence-corrected chi connectivity index (χ3v) is 2.57. The van der Waals surface area contributed by atoms with E-state index in [1.807, 2.05) is 18.2 Å². The molecule has 1 rings (SSSR count). The van der Waals surface area contributed by atoms with Crippen LogP contribution >= 0.6 is 22.6 Å². The van der Waals surface area contributed by atoms with E-state index >= 15 is 0 Å². The largest absolute Gasteiger partial charge is 0.444 e. The molecule has 5 nitrogen and oxygen atoms in total. The minimum Gasteiger partial charge on any atom is -0.444 e. The van der Waals surface area contributed by atoms with Gasteiger partial charge in [0.1, 0.15) is 12.1 Å². The van der Waals surface area contributed by atoms with E-state index in [0.29, 0.717) is 5.69 Å². The molecule has 0 aromatic heterocycles. The van der Waals surface area contributed by atoms with Crippen molar-refractivity contribution in [1.82, 2.24) is 5.32 Å². The Morgan fingerprint density at radius 2 is 2.00 bits per heavy atom. The summed E-state index contributed by atoms with van der Waals surface area (Å²) in [5.74, 6) is -0.298. The highest BCUT2D eigenvalue weighted by Gasteiger charge is 2.16. The summed E-state index contributed by atoms with van der Waals surface area (Å²) in [7, 11) is 0. The molecule has 1 aromatic rings. The van der Waals surface area contributed by atoms with E-state index in [1.165, 1.54) is 0 Å². The number of nitrogens with one attached hydrogen (secondary N) is 2. The fourth-order valence-electron chi connectivity index (χ4n) is 1.24. The summed E-state index contributed by atoms with van der Waals surface area (Å²) in [4.78, 5) is 23.0. The van der Waals surface area contributed by atoms with Crippen LogP contribution < -0.4 is 10.6 Å². The summed E-state index contributed by atoms with van der Waals surface area (Å²) in [6.45, 7) is 5.16. The summed E-state index contributed by atoms with van der Waals surface area (Å²) < 4.78 is 6.05. The highest BCUT2D eigenvalue weighted by Crippen LogP contribution is 2.12. The van der Waals surface area contributed by atoms with Crippen molar-refractivity contribution in [2.24, 2.45) is 0 Å². The number of ether oxygens (including phenoxy) is 1. The van der Waals surface area contributed by atoms with Gasteiger partial charge in [-0.2, -0.15) is 0 Å². The molecule has 0 aliphatic carbocycles. The first-order chi connectivity index (χ1) is 8.76. The molecule has 0 radical (unpaired) electrons. The van der Waals surface area contributed by atoms with E-state index < -0.39 is 11.7 Å². The lowest BCUT2D eigenvalue weighted by Gasteiger charge is -2.19. The molecule has 0 heterocycles. The molecule has 6 heteroatoms. The molecular formula is C13H17IN2O3. The molecule has 2 N–H and O–H groups in total. The van der Waals surface area contributed by atoms with Gasteiger partial charge in [0.25, 0.3) is 0 Å². The predicted octanol–water partition coefficient (Wildman–Crippen LogP) is 2.75. The molecule has 0 saturated heterocycles. The maximum Gasteiger partial charge on any atom is 0.408 e. The van der Waals surface area contributed by atoms with Crippen LogP contribution in [0.1, 0.15) is 20.8 Å². The average molecular weight is 376 g/mol. The second-order valence-corrected chi connectivity index (χ2v) is 6.16. The van der Waals surface area contributed by atoms with Crippen molar-refractivity contribution < 1.29 is 14.3 Å². The standard InChI is InChI=1S/C13H17IN2O3/c1-13(2,3)19-12(18)15-8-11(17)16-10-6-4-5-9(14)7-10/h4-7H,8H2,1-3H3,(H,15,18)(H,16,17). The van der Waals surface area contributed by atoms with Crippen LogP contribution in [0.2, 0.25) is 0 Å². The molecule has 2 amide bonds. The number of benzene rings is 1. The van der Waals surface area contributed by atoms with Gasteiger partial charge in [0.05, 0.1) is 0 Å². The number of alkyl carbamates (subject to hydrolysis) is 1. The van der Waals surface area contributed by atoms with Crippen LogP contribution in [0.3, 0.4) is 0 Å². The molecule has 0 atom stereocenters. The minimum atomic E-state index is -0.606. The van der Waals surface area contributed by atoms with Gasteiger partial charge in [-0.3, -0.25) is 4.79 Å². The van der Waals surface area contributed by atoms with Crippen LogP contribution in [-0.4, -0.2) is 24.1 Å². The van der Waals surface area contributed by atoms with Crippen molar-refractivity contribution in [3.63, 3.8) is 0 Å². The normalized spacial score (nSPS) is 10.7. The number of anilines is 1. The van der Waals surface area contributed by atoms with Gasteiger partial charge in [-0.1, -0.05) is 6.07 Å². The Kier molecular flexibility index (Phi) is 5.59. The van der Waals surface area contributed by atoms with Crippen molar-refractivity contribution in [1.29, 1.82) is 0 Å². The summed E-state index contributed by atoms with van der Waals surface area (Å²) in [6, 6.07) is 7.40. The number of carbonyl (C=O) groups excluding carboxylic acids is 2. The zero-order valence-corrected chi connectivity index (χ0v) is 13.3. The highest BCUT2D eigenvalue weighted by molar-refractivity contribution is 14.1. The second kappa shape index (κ2) is 6.74. The minimum absolute atomic E-state index is 0.125. The molecule has 0 aliphatic heterocycles. The van der Waals surface area contributed by atoms with Crippen molar-refractivity contribution >= 4 is 40.3 Å². The van der Waals surface area contributed by atoms with Crippen molar-refractivity contribution in [3.8, 4) is 0 Å². The predicted molar refractivity (Wildman–Crippen MR) is 82.0 cm³/mol. The van der Waals surface area contributed by atoms with Gasteiger partial charge in [-0.05, 0) is 61.6 Å². The van der Waals surface area contributed by atoms with Crippen molar-refractivity contribution in [2.45, 2.75) is 26.4 Å². The number of halogens is 1. The van der Waals surface area contributed by atoms with Crippen molar-refractivity contribution in [2.75, 3.05) is 11.9 Å². The maximum absolute atomic E-state index is 11.6. The van der Waals surface area contributed by atoms with Gasteiger partial charge in [0.2, 0.25) is 5.91 Å². The first kappa shape index (κ1) is 15.7. The fourth-order valence-corrected chi connectivity index (χ4v) is 1.78. The third kappa shape index (κ3) is 7.00. The van der Waals surface area contributed by atoms with E-state index in [2.05, 4.69) is 33.2 Å². The molecule has 0 spiro atoms. The second-order valence-electron chi connectivity index (χ2n) is 4.91. The van der Waals surface area contributed by atoms with Gasteiger partial charge in [-0.25, -0.2) is 4.79 Å². The Morgan fingerprint density at radius 3 is 2.58 bits per heavy atom. The average Bonchev–Trinajstić information content (AvgIpc) is 2.24. The molecule has 0 bridgehead atoms. The zero-order valence-electron chi connectivity index (χ0n) is 11.1. The molecule has 104 valence electrons. The summed E-state index contributed by atoms with van der Waals surface area (Å²) in [6.07, 6.45) is -0.606. The highest BCUT2D eigenvalue weighted by atomic mass is 127. The quantitative estimate of drug-likeness (QED) is 0.798. The van der Waals surface area contributed by atoms with Crippen LogP contribution in [0.4, 0.5) is 10.5 Å². The van der Waals surface area contributed by atoms with Crippen LogP contribution in [0.25, 0.3) is 0 Å². The SMILES string of the molecule is CC(C)(C)OC(=O)NCC(=O)Nc1cccc(I)c1. The molecule has 1 aromatic carbocycles. The van der Waals surface area contributed by atoms with E-state index in [0.717, 1.165) is 3.57 Å². The van der Waals surface area contributed by atoms with E-state index in [-0.39, 0.29) is 12.5 Å². The molecule has 0 aliphatic rings.